The van der Waals surface area contributed by atoms with E-state index >= 15 is 0 Å². The summed E-state index contributed by atoms with van der Waals surface area (Å²) in [4.78, 5) is 12.3. The van der Waals surface area contributed by atoms with E-state index in [9.17, 15) is 13.6 Å². The fraction of sp³-hybridized carbons (Fsp3) is 0.0588. The molecule has 1 heterocycles. The van der Waals surface area contributed by atoms with Crippen LogP contribution in [-0.2, 0) is 0 Å². The molecule has 0 unspecified atom stereocenters. The summed E-state index contributed by atoms with van der Waals surface area (Å²) in [6.45, 7) is 1.73. The van der Waals surface area contributed by atoms with Crippen molar-refractivity contribution >= 4 is 11.6 Å². The molecule has 116 valence electrons. The van der Waals surface area contributed by atoms with Crippen molar-refractivity contribution in [3.63, 3.8) is 0 Å². The van der Waals surface area contributed by atoms with Crippen molar-refractivity contribution in [3.05, 3.63) is 77.6 Å². The number of hydrogen-bond acceptors (Lipinski definition) is 2. The zero-order valence-electron chi connectivity index (χ0n) is 12.3. The molecule has 1 aromatic heterocycles. The third-order valence-electron chi connectivity index (χ3n) is 3.41. The molecule has 0 fully saturated rings. The minimum Gasteiger partial charge on any atom is -0.322 e. The zero-order valence-corrected chi connectivity index (χ0v) is 12.3. The highest BCUT2D eigenvalue weighted by atomic mass is 19.1. The lowest BCUT2D eigenvalue weighted by atomic mass is 10.2. The van der Waals surface area contributed by atoms with Gasteiger partial charge in [-0.2, -0.15) is 5.10 Å². The number of benzene rings is 2. The molecule has 23 heavy (non-hydrogen) atoms. The van der Waals surface area contributed by atoms with E-state index in [-0.39, 0.29) is 11.7 Å². The van der Waals surface area contributed by atoms with E-state index < -0.39 is 5.82 Å². The van der Waals surface area contributed by atoms with Gasteiger partial charge >= 0.3 is 0 Å². The summed E-state index contributed by atoms with van der Waals surface area (Å²) in [6, 6.07) is 11.4. The average molecular weight is 313 g/mol. The number of rotatable bonds is 3. The smallest absolute Gasteiger partial charge is 0.259 e. The standard InChI is InChI=1S/C17H13F2N3O/c1-11-16(17(23)21-14-4-2-3-13(19)9-14)10-20-22(11)15-7-5-12(18)6-8-15/h2-10H,1H3,(H,21,23). The van der Waals surface area contributed by atoms with Crippen molar-refractivity contribution < 1.29 is 13.6 Å². The van der Waals surface area contributed by atoms with Crippen molar-refractivity contribution in [2.24, 2.45) is 0 Å². The molecule has 1 N–H and O–H groups in total. The van der Waals surface area contributed by atoms with Gasteiger partial charge in [-0.05, 0) is 49.4 Å². The van der Waals surface area contributed by atoms with Crippen molar-refractivity contribution in [2.45, 2.75) is 6.92 Å². The maximum atomic E-state index is 13.2. The highest BCUT2D eigenvalue weighted by Gasteiger charge is 2.15. The van der Waals surface area contributed by atoms with Gasteiger partial charge in [0.1, 0.15) is 11.6 Å². The van der Waals surface area contributed by atoms with Crippen LogP contribution in [0.15, 0.2) is 54.7 Å². The summed E-state index contributed by atoms with van der Waals surface area (Å²) in [5, 5.41) is 6.78. The van der Waals surface area contributed by atoms with Gasteiger partial charge in [-0.25, -0.2) is 13.5 Å². The molecule has 0 saturated carbocycles. The van der Waals surface area contributed by atoms with Crippen molar-refractivity contribution in [2.75, 3.05) is 5.32 Å². The Labute approximate surface area is 131 Å². The highest BCUT2D eigenvalue weighted by molar-refractivity contribution is 6.04. The van der Waals surface area contributed by atoms with Gasteiger partial charge in [0.25, 0.3) is 5.91 Å². The van der Waals surface area contributed by atoms with Gasteiger partial charge in [-0.1, -0.05) is 6.07 Å². The van der Waals surface area contributed by atoms with E-state index in [4.69, 9.17) is 0 Å². The molecule has 0 aliphatic rings. The molecule has 0 atom stereocenters. The van der Waals surface area contributed by atoms with E-state index in [0.29, 0.717) is 22.6 Å². The summed E-state index contributed by atoms with van der Waals surface area (Å²) in [7, 11) is 0. The highest BCUT2D eigenvalue weighted by Crippen LogP contribution is 2.17. The third kappa shape index (κ3) is 3.11. The fourth-order valence-corrected chi connectivity index (χ4v) is 2.24. The maximum absolute atomic E-state index is 13.2. The van der Waals surface area contributed by atoms with E-state index in [1.807, 2.05) is 0 Å². The minimum absolute atomic E-state index is 0.345. The number of halogens is 2. The first-order valence-electron chi connectivity index (χ1n) is 6.92. The molecule has 0 spiro atoms. The molecule has 0 bridgehead atoms. The maximum Gasteiger partial charge on any atom is 0.259 e. The molecule has 0 radical (unpaired) electrons. The van der Waals surface area contributed by atoms with Crippen molar-refractivity contribution in [3.8, 4) is 5.69 Å². The van der Waals surface area contributed by atoms with Gasteiger partial charge in [-0.15, -0.1) is 0 Å². The first-order chi connectivity index (χ1) is 11.0. The van der Waals surface area contributed by atoms with Crippen LogP contribution in [0, 0.1) is 18.6 Å². The number of amides is 1. The molecule has 0 aliphatic heterocycles. The Morgan fingerprint density at radius 1 is 1.09 bits per heavy atom. The van der Waals surface area contributed by atoms with Crippen LogP contribution in [0.25, 0.3) is 5.69 Å². The second-order valence-corrected chi connectivity index (χ2v) is 5.00. The number of anilines is 1. The third-order valence-corrected chi connectivity index (χ3v) is 3.41. The quantitative estimate of drug-likeness (QED) is 0.801. The molecule has 2 aromatic carbocycles. The first kappa shape index (κ1) is 14.9. The first-order valence-corrected chi connectivity index (χ1v) is 6.92. The van der Waals surface area contributed by atoms with Crippen LogP contribution in [0.2, 0.25) is 0 Å². The predicted molar refractivity (Wildman–Crippen MR) is 82.6 cm³/mol. The number of carbonyl (C=O) groups excluding carboxylic acids is 1. The Balaban J connectivity index is 1.86. The lowest BCUT2D eigenvalue weighted by Gasteiger charge is -2.07. The molecule has 3 rings (SSSR count). The Hall–Kier alpha value is -3.02. The second kappa shape index (κ2) is 6.00. The Morgan fingerprint density at radius 2 is 1.83 bits per heavy atom. The molecular weight excluding hydrogens is 300 g/mol. The SMILES string of the molecule is Cc1c(C(=O)Nc2cccc(F)c2)cnn1-c1ccc(F)cc1. The summed E-state index contributed by atoms with van der Waals surface area (Å²) in [5.41, 5.74) is 1.97. The molecule has 0 saturated heterocycles. The summed E-state index contributed by atoms with van der Waals surface area (Å²) in [6.07, 6.45) is 1.42. The average Bonchev–Trinajstić information content (AvgIpc) is 2.90. The largest absolute Gasteiger partial charge is 0.322 e. The zero-order chi connectivity index (χ0) is 16.4. The Kier molecular flexibility index (Phi) is 3.89. The van der Waals surface area contributed by atoms with E-state index in [1.54, 1.807) is 29.8 Å². The number of aromatic nitrogens is 2. The predicted octanol–water partition coefficient (Wildman–Crippen LogP) is 3.71. The van der Waals surface area contributed by atoms with E-state index in [0.717, 1.165) is 0 Å². The van der Waals surface area contributed by atoms with Gasteiger partial charge in [0.15, 0.2) is 0 Å². The van der Waals surface area contributed by atoms with Crippen LogP contribution in [0.4, 0.5) is 14.5 Å². The summed E-state index contributed by atoms with van der Waals surface area (Å²) in [5.74, 6) is -1.16. The minimum atomic E-state index is -0.429. The number of hydrogen-bond donors (Lipinski definition) is 1. The molecule has 4 nitrogen and oxygen atoms in total. The van der Waals surface area contributed by atoms with Gasteiger partial charge in [0.2, 0.25) is 0 Å². The monoisotopic (exact) mass is 313 g/mol. The lowest BCUT2D eigenvalue weighted by Crippen LogP contribution is -2.13. The van der Waals surface area contributed by atoms with Crippen LogP contribution in [0.3, 0.4) is 0 Å². The summed E-state index contributed by atoms with van der Waals surface area (Å²) < 4.78 is 27.7. The van der Waals surface area contributed by atoms with E-state index in [1.165, 1.54) is 36.5 Å². The van der Waals surface area contributed by atoms with Gasteiger partial charge in [0, 0.05) is 5.69 Å². The van der Waals surface area contributed by atoms with Crippen LogP contribution in [0.1, 0.15) is 16.1 Å². The van der Waals surface area contributed by atoms with Crippen LogP contribution in [0.5, 0.6) is 0 Å². The van der Waals surface area contributed by atoms with Crippen molar-refractivity contribution in [1.29, 1.82) is 0 Å². The molecule has 1 amide bonds. The topological polar surface area (TPSA) is 46.9 Å². The second-order valence-electron chi connectivity index (χ2n) is 5.00. The summed E-state index contributed by atoms with van der Waals surface area (Å²) >= 11 is 0. The molecule has 3 aromatic rings. The van der Waals surface area contributed by atoms with Crippen LogP contribution >= 0.6 is 0 Å². The van der Waals surface area contributed by atoms with Crippen molar-refractivity contribution in [1.82, 2.24) is 9.78 Å². The normalized spacial score (nSPS) is 10.6. The van der Waals surface area contributed by atoms with Gasteiger partial charge in [-0.3, -0.25) is 4.79 Å². The number of nitrogens with one attached hydrogen (secondary N) is 1. The van der Waals surface area contributed by atoms with E-state index in [2.05, 4.69) is 10.4 Å². The Bertz CT molecular complexity index is 857. The molecule has 6 heteroatoms. The fourth-order valence-electron chi connectivity index (χ4n) is 2.24. The molecular formula is C17H13F2N3O. The van der Waals surface area contributed by atoms with Gasteiger partial charge in [0.05, 0.1) is 23.1 Å². The Morgan fingerprint density at radius 3 is 2.52 bits per heavy atom. The molecule has 0 aliphatic carbocycles. The van der Waals surface area contributed by atoms with Crippen LogP contribution in [-0.4, -0.2) is 15.7 Å². The lowest BCUT2D eigenvalue weighted by molar-refractivity contribution is 0.102. The number of nitrogens with zero attached hydrogens (tertiary/aromatic N) is 2. The van der Waals surface area contributed by atoms with Crippen LogP contribution < -0.4 is 5.32 Å². The van der Waals surface area contributed by atoms with Gasteiger partial charge < -0.3 is 5.32 Å². The number of carbonyl (C=O) groups is 1.